The molecule has 2 aromatic rings. The minimum absolute atomic E-state index is 0.257. The molecule has 1 unspecified atom stereocenters. The van der Waals surface area contributed by atoms with Crippen molar-refractivity contribution in [3.8, 4) is 0 Å². The van der Waals surface area contributed by atoms with E-state index in [0.717, 1.165) is 17.4 Å². The van der Waals surface area contributed by atoms with Crippen LogP contribution in [-0.4, -0.2) is 6.54 Å². The fraction of sp³-hybridized carbons (Fsp3) is 0.333. The number of aryl methyl sites for hydroxylation is 2. The summed E-state index contributed by atoms with van der Waals surface area (Å²) in [6.45, 7) is 7.56. The maximum Gasteiger partial charge on any atom is 0.0579 e. The summed E-state index contributed by atoms with van der Waals surface area (Å²) in [5.41, 5.74) is 5.33. The summed E-state index contributed by atoms with van der Waals surface area (Å²) in [5.74, 6) is 0. The summed E-state index contributed by atoms with van der Waals surface area (Å²) < 4.78 is 1.13. The molecule has 2 aromatic carbocycles. The van der Waals surface area contributed by atoms with Crippen molar-refractivity contribution >= 4 is 15.9 Å². The van der Waals surface area contributed by atoms with Crippen molar-refractivity contribution in [2.75, 3.05) is 6.54 Å². The highest BCUT2D eigenvalue weighted by Crippen LogP contribution is 2.27. The highest BCUT2D eigenvalue weighted by molar-refractivity contribution is 9.10. The normalized spacial score (nSPS) is 12.4. The molecule has 0 radical (unpaired) electrons. The van der Waals surface area contributed by atoms with Crippen LogP contribution in [0.4, 0.5) is 0 Å². The third kappa shape index (κ3) is 3.71. The van der Waals surface area contributed by atoms with Crippen molar-refractivity contribution in [2.24, 2.45) is 0 Å². The van der Waals surface area contributed by atoms with Gasteiger partial charge in [-0.05, 0) is 55.6 Å². The van der Waals surface area contributed by atoms with Crippen LogP contribution in [0.3, 0.4) is 0 Å². The lowest BCUT2D eigenvalue weighted by molar-refractivity contribution is 0.596. The maximum absolute atomic E-state index is 3.68. The van der Waals surface area contributed by atoms with Gasteiger partial charge in [-0.25, -0.2) is 0 Å². The molecule has 20 heavy (non-hydrogen) atoms. The van der Waals surface area contributed by atoms with Gasteiger partial charge in [-0.15, -0.1) is 0 Å². The Hall–Kier alpha value is -1.12. The van der Waals surface area contributed by atoms with E-state index >= 15 is 0 Å². The molecule has 0 heterocycles. The van der Waals surface area contributed by atoms with Gasteiger partial charge in [0.1, 0.15) is 0 Å². The summed E-state index contributed by atoms with van der Waals surface area (Å²) in [5, 5.41) is 3.68. The predicted molar refractivity (Wildman–Crippen MR) is 90.2 cm³/mol. The van der Waals surface area contributed by atoms with E-state index in [2.05, 4.69) is 84.5 Å². The van der Waals surface area contributed by atoms with Crippen LogP contribution in [0.2, 0.25) is 0 Å². The van der Waals surface area contributed by atoms with Crippen LogP contribution in [0.25, 0.3) is 0 Å². The van der Waals surface area contributed by atoms with E-state index in [4.69, 9.17) is 0 Å². The number of halogens is 1. The van der Waals surface area contributed by atoms with Gasteiger partial charge < -0.3 is 5.32 Å². The zero-order valence-corrected chi connectivity index (χ0v) is 14.0. The van der Waals surface area contributed by atoms with Gasteiger partial charge in [-0.2, -0.15) is 0 Å². The Morgan fingerprint density at radius 1 is 1.10 bits per heavy atom. The van der Waals surface area contributed by atoms with Gasteiger partial charge in [0.25, 0.3) is 0 Å². The van der Waals surface area contributed by atoms with Crippen LogP contribution in [0.5, 0.6) is 0 Å². The Bertz CT molecular complexity index is 577. The average Bonchev–Trinajstić information content (AvgIpc) is 2.43. The minimum Gasteiger partial charge on any atom is -0.306 e. The number of nitrogens with one attached hydrogen (secondary N) is 1. The van der Waals surface area contributed by atoms with Crippen molar-refractivity contribution in [3.05, 3.63) is 69.2 Å². The average molecular weight is 332 g/mol. The van der Waals surface area contributed by atoms with E-state index in [9.17, 15) is 0 Å². The molecule has 0 aliphatic carbocycles. The monoisotopic (exact) mass is 331 g/mol. The minimum atomic E-state index is 0.257. The van der Waals surface area contributed by atoms with Crippen LogP contribution >= 0.6 is 15.9 Å². The summed E-state index contributed by atoms with van der Waals surface area (Å²) in [6, 6.07) is 15.5. The van der Waals surface area contributed by atoms with E-state index in [1.165, 1.54) is 22.3 Å². The van der Waals surface area contributed by atoms with E-state index < -0.39 is 0 Å². The Morgan fingerprint density at radius 2 is 1.90 bits per heavy atom. The SMILES string of the molecule is CCCNC(c1cccc(Br)c1)c1cc(C)ccc1C. The molecular weight excluding hydrogens is 310 g/mol. The Morgan fingerprint density at radius 3 is 2.60 bits per heavy atom. The first-order valence-electron chi connectivity index (χ1n) is 7.18. The second-order valence-corrected chi connectivity index (χ2v) is 6.22. The molecule has 2 rings (SSSR count). The van der Waals surface area contributed by atoms with Crippen LogP contribution < -0.4 is 5.32 Å². The molecule has 0 aliphatic heterocycles. The molecule has 1 atom stereocenters. The highest BCUT2D eigenvalue weighted by Gasteiger charge is 2.15. The molecule has 0 saturated heterocycles. The Labute approximate surface area is 130 Å². The largest absolute Gasteiger partial charge is 0.306 e. The predicted octanol–water partition coefficient (Wildman–Crippen LogP) is 5.15. The van der Waals surface area contributed by atoms with Gasteiger partial charge >= 0.3 is 0 Å². The second-order valence-electron chi connectivity index (χ2n) is 5.30. The Kier molecular flexibility index (Phi) is 5.38. The molecule has 106 valence electrons. The van der Waals surface area contributed by atoms with Crippen molar-refractivity contribution in [3.63, 3.8) is 0 Å². The summed E-state index contributed by atoms with van der Waals surface area (Å²) in [4.78, 5) is 0. The molecule has 1 nitrogen and oxygen atoms in total. The van der Waals surface area contributed by atoms with Gasteiger partial charge in [0.2, 0.25) is 0 Å². The van der Waals surface area contributed by atoms with Crippen molar-refractivity contribution in [2.45, 2.75) is 33.2 Å². The standard InChI is InChI=1S/C18H22BrN/c1-4-10-20-18(15-6-5-7-16(19)12-15)17-11-13(2)8-9-14(17)3/h5-9,11-12,18,20H,4,10H2,1-3H3. The number of rotatable bonds is 5. The molecule has 0 bridgehead atoms. The smallest absolute Gasteiger partial charge is 0.0579 e. The summed E-state index contributed by atoms with van der Waals surface area (Å²) in [7, 11) is 0. The van der Waals surface area contributed by atoms with Crippen LogP contribution in [-0.2, 0) is 0 Å². The van der Waals surface area contributed by atoms with Gasteiger partial charge in [0.15, 0.2) is 0 Å². The number of hydrogen-bond acceptors (Lipinski definition) is 1. The molecule has 0 spiro atoms. The molecule has 1 N–H and O–H groups in total. The van der Waals surface area contributed by atoms with E-state index in [1.54, 1.807) is 0 Å². The first-order valence-corrected chi connectivity index (χ1v) is 7.97. The van der Waals surface area contributed by atoms with Gasteiger partial charge in [-0.3, -0.25) is 0 Å². The zero-order chi connectivity index (χ0) is 14.5. The van der Waals surface area contributed by atoms with E-state index in [1.807, 2.05) is 0 Å². The molecule has 0 fully saturated rings. The van der Waals surface area contributed by atoms with Crippen LogP contribution in [0.15, 0.2) is 46.9 Å². The molecule has 0 amide bonds. The fourth-order valence-corrected chi connectivity index (χ4v) is 2.87. The number of benzene rings is 2. The van der Waals surface area contributed by atoms with Crippen molar-refractivity contribution < 1.29 is 0 Å². The highest BCUT2D eigenvalue weighted by atomic mass is 79.9. The first kappa shape index (κ1) is 15.3. The van der Waals surface area contributed by atoms with E-state index in [-0.39, 0.29) is 6.04 Å². The first-order chi connectivity index (χ1) is 9.61. The second kappa shape index (κ2) is 7.05. The summed E-state index contributed by atoms with van der Waals surface area (Å²) >= 11 is 3.58. The fourth-order valence-electron chi connectivity index (χ4n) is 2.45. The quantitative estimate of drug-likeness (QED) is 0.798. The lowest BCUT2D eigenvalue weighted by Crippen LogP contribution is -2.24. The van der Waals surface area contributed by atoms with Crippen molar-refractivity contribution in [1.29, 1.82) is 0 Å². The topological polar surface area (TPSA) is 12.0 Å². The molecular formula is C18H22BrN. The number of hydrogen-bond donors (Lipinski definition) is 1. The van der Waals surface area contributed by atoms with E-state index in [0.29, 0.717) is 0 Å². The zero-order valence-electron chi connectivity index (χ0n) is 12.4. The van der Waals surface area contributed by atoms with Gasteiger partial charge in [-0.1, -0.05) is 58.7 Å². The third-order valence-electron chi connectivity index (χ3n) is 3.53. The van der Waals surface area contributed by atoms with Crippen LogP contribution in [0.1, 0.15) is 41.6 Å². The van der Waals surface area contributed by atoms with Gasteiger partial charge in [0.05, 0.1) is 6.04 Å². The molecule has 0 aliphatic rings. The van der Waals surface area contributed by atoms with Crippen LogP contribution in [0, 0.1) is 13.8 Å². The Balaban J connectivity index is 2.44. The van der Waals surface area contributed by atoms with Crippen molar-refractivity contribution in [1.82, 2.24) is 5.32 Å². The third-order valence-corrected chi connectivity index (χ3v) is 4.02. The molecule has 0 aromatic heterocycles. The van der Waals surface area contributed by atoms with Gasteiger partial charge in [0, 0.05) is 4.47 Å². The molecule has 0 saturated carbocycles. The lowest BCUT2D eigenvalue weighted by Gasteiger charge is -2.22. The molecule has 2 heteroatoms. The maximum atomic E-state index is 3.68. The lowest BCUT2D eigenvalue weighted by atomic mass is 9.93. The summed E-state index contributed by atoms with van der Waals surface area (Å²) in [6.07, 6.45) is 1.13.